The van der Waals surface area contributed by atoms with Gasteiger partial charge in [-0.2, -0.15) is 4.68 Å². The molecule has 0 bridgehead atoms. The molecule has 0 fully saturated rings. The number of tetrazole rings is 1. The molecule has 1 aromatic heterocycles. The number of benzene rings is 2. The molecule has 0 spiro atoms. The summed E-state index contributed by atoms with van der Waals surface area (Å²) in [5, 5.41) is 12.8. The molecule has 1 heterocycles. The number of aromatic nitrogens is 4. The number of para-hydroxylation sites is 2. The zero-order valence-electron chi connectivity index (χ0n) is 13.8. The summed E-state index contributed by atoms with van der Waals surface area (Å²) in [6, 6.07) is 13.6. The molecule has 8 heteroatoms. The van der Waals surface area contributed by atoms with Gasteiger partial charge < -0.3 is 9.47 Å². The van der Waals surface area contributed by atoms with E-state index in [0.717, 1.165) is 27.2 Å². The third kappa shape index (κ3) is 4.13. The van der Waals surface area contributed by atoms with Crippen LogP contribution in [0, 0.1) is 0 Å². The van der Waals surface area contributed by atoms with Gasteiger partial charge in [-0.25, -0.2) is 0 Å². The van der Waals surface area contributed by atoms with E-state index in [9.17, 15) is 0 Å². The number of ether oxygens (including phenoxy) is 2. The third-order valence-corrected chi connectivity index (χ3v) is 4.89. The summed E-state index contributed by atoms with van der Waals surface area (Å²) in [5.41, 5.74) is 1.88. The van der Waals surface area contributed by atoms with Crippen molar-refractivity contribution < 1.29 is 9.47 Å². The van der Waals surface area contributed by atoms with E-state index in [1.165, 1.54) is 11.8 Å². The van der Waals surface area contributed by atoms with Crippen molar-refractivity contribution in [2.24, 2.45) is 0 Å². The Morgan fingerprint density at radius 2 is 2.00 bits per heavy atom. The smallest absolute Gasteiger partial charge is 0.214 e. The highest BCUT2D eigenvalue weighted by Crippen LogP contribution is 2.31. The van der Waals surface area contributed by atoms with E-state index in [1.54, 1.807) is 11.8 Å². The normalized spacial score (nSPS) is 10.7. The number of methoxy groups -OCH3 is 1. The van der Waals surface area contributed by atoms with Crippen LogP contribution in [-0.2, 0) is 5.75 Å². The molecule has 0 saturated carbocycles. The van der Waals surface area contributed by atoms with E-state index < -0.39 is 0 Å². The Labute approximate surface area is 158 Å². The third-order valence-electron chi connectivity index (χ3n) is 3.43. The van der Waals surface area contributed by atoms with Crippen LogP contribution in [0.3, 0.4) is 0 Å². The first-order chi connectivity index (χ1) is 12.2. The highest BCUT2D eigenvalue weighted by Gasteiger charge is 2.14. The van der Waals surface area contributed by atoms with Crippen LogP contribution in [0.15, 0.2) is 52.1 Å². The van der Waals surface area contributed by atoms with E-state index in [2.05, 4.69) is 31.5 Å². The predicted octanol–water partition coefficient (Wildman–Crippen LogP) is 4.12. The molecule has 3 rings (SSSR count). The van der Waals surface area contributed by atoms with Gasteiger partial charge in [0.2, 0.25) is 5.16 Å². The number of hydrogen-bond acceptors (Lipinski definition) is 6. The summed E-state index contributed by atoms with van der Waals surface area (Å²) in [5.74, 6) is 2.27. The zero-order chi connectivity index (χ0) is 17.6. The maximum absolute atomic E-state index is 5.68. The Morgan fingerprint density at radius 3 is 2.80 bits per heavy atom. The molecule has 3 aromatic rings. The van der Waals surface area contributed by atoms with E-state index in [1.807, 2.05) is 49.4 Å². The van der Waals surface area contributed by atoms with Crippen molar-refractivity contribution in [2.75, 3.05) is 13.7 Å². The number of halogens is 1. The van der Waals surface area contributed by atoms with Gasteiger partial charge in [0.15, 0.2) is 0 Å². The van der Waals surface area contributed by atoms with Crippen LogP contribution in [-0.4, -0.2) is 33.9 Å². The fraction of sp³-hybridized carbons (Fsp3) is 0.235. The van der Waals surface area contributed by atoms with Gasteiger partial charge >= 0.3 is 0 Å². The summed E-state index contributed by atoms with van der Waals surface area (Å²) in [6.45, 7) is 2.53. The molecule has 0 N–H and O–H groups in total. The standard InChI is InChI=1S/C17H17BrN4O2S/c1-3-24-16-7-5-4-6-14(16)22-17(19-20-21-22)25-11-12-10-13(18)8-9-15(12)23-2/h4-10H,3,11H2,1-2H3. The molecule has 0 saturated heterocycles. The summed E-state index contributed by atoms with van der Waals surface area (Å²) in [7, 11) is 1.67. The second kappa shape index (κ2) is 8.35. The second-order valence-electron chi connectivity index (χ2n) is 5.02. The molecule has 0 radical (unpaired) electrons. The number of nitrogens with zero attached hydrogens (tertiary/aromatic N) is 4. The summed E-state index contributed by atoms with van der Waals surface area (Å²) >= 11 is 5.03. The van der Waals surface area contributed by atoms with Crippen LogP contribution >= 0.6 is 27.7 Å². The number of rotatable bonds is 7. The molecule has 0 aliphatic heterocycles. The Kier molecular flexibility index (Phi) is 5.93. The van der Waals surface area contributed by atoms with E-state index in [0.29, 0.717) is 17.5 Å². The van der Waals surface area contributed by atoms with Crippen LogP contribution in [0.25, 0.3) is 5.69 Å². The molecule has 130 valence electrons. The monoisotopic (exact) mass is 420 g/mol. The first-order valence-electron chi connectivity index (χ1n) is 7.68. The molecular formula is C17H17BrN4O2S. The maximum atomic E-state index is 5.68. The minimum atomic E-state index is 0.580. The number of thioether (sulfide) groups is 1. The lowest BCUT2D eigenvalue weighted by atomic mass is 10.2. The van der Waals surface area contributed by atoms with Gasteiger partial charge in [-0.1, -0.05) is 39.8 Å². The van der Waals surface area contributed by atoms with E-state index in [-0.39, 0.29) is 0 Å². The maximum Gasteiger partial charge on any atom is 0.214 e. The molecule has 6 nitrogen and oxygen atoms in total. The Balaban J connectivity index is 1.85. The molecule has 0 aliphatic carbocycles. The van der Waals surface area contributed by atoms with Crippen LogP contribution in [0.1, 0.15) is 12.5 Å². The average Bonchev–Trinajstić information content (AvgIpc) is 3.09. The molecule has 0 aliphatic rings. The van der Waals surface area contributed by atoms with Gasteiger partial charge in [0.05, 0.1) is 13.7 Å². The zero-order valence-corrected chi connectivity index (χ0v) is 16.2. The lowest BCUT2D eigenvalue weighted by molar-refractivity contribution is 0.337. The van der Waals surface area contributed by atoms with Crippen molar-refractivity contribution in [3.8, 4) is 17.2 Å². The van der Waals surface area contributed by atoms with Crippen LogP contribution < -0.4 is 9.47 Å². The van der Waals surface area contributed by atoms with Crippen molar-refractivity contribution in [1.82, 2.24) is 20.2 Å². The lowest BCUT2D eigenvalue weighted by Crippen LogP contribution is -2.03. The minimum Gasteiger partial charge on any atom is -0.496 e. The van der Waals surface area contributed by atoms with Crippen molar-refractivity contribution in [1.29, 1.82) is 0 Å². The second-order valence-corrected chi connectivity index (χ2v) is 6.88. The van der Waals surface area contributed by atoms with Crippen LogP contribution in [0.5, 0.6) is 11.5 Å². The lowest BCUT2D eigenvalue weighted by Gasteiger charge is -2.11. The van der Waals surface area contributed by atoms with Crippen molar-refractivity contribution in [3.63, 3.8) is 0 Å². The largest absolute Gasteiger partial charge is 0.496 e. The SMILES string of the molecule is CCOc1ccccc1-n1nnnc1SCc1cc(Br)ccc1OC. The van der Waals surface area contributed by atoms with Crippen LogP contribution in [0.4, 0.5) is 0 Å². The van der Waals surface area contributed by atoms with E-state index in [4.69, 9.17) is 9.47 Å². The summed E-state index contributed by atoms with van der Waals surface area (Å²) < 4.78 is 13.8. The van der Waals surface area contributed by atoms with Crippen molar-refractivity contribution in [3.05, 3.63) is 52.5 Å². The Hall–Kier alpha value is -2.06. The Bertz CT molecular complexity index is 856. The molecule has 2 aromatic carbocycles. The highest BCUT2D eigenvalue weighted by atomic mass is 79.9. The van der Waals surface area contributed by atoms with Gasteiger partial charge in [0, 0.05) is 15.8 Å². The van der Waals surface area contributed by atoms with Gasteiger partial charge in [-0.05, 0) is 47.7 Å². The van der Waals surface area contributed by atoms with E-state index >= 15 is 0 Å². The van der Waals surface area contributed by atoms with Gasteiger partial charge in [-0.3, -0.25) is 0 Å². The van der Waals surface area contributed by atoms with Crippen LogP contribution in [0.2, 0.25) is 0 Å². The number of hydrogen-bond donors (Lipinski definition) is 0. The quantitative estimate of drug-likeness (QED) is 0.535. The topological polar surface area (TPSA) is 62.1 Å². The average molecular weight is 421 g/mol. The first kappa shape index (κ1) is 17.8. The van der Waals surface area contributed by atoms with Crippen molar-refractivity contribution >= 4 is 27.7 Å². The van der Waals surface area contributed by atoms with Gasteiger partial charge in [-0.15, -0.1) is 5.10 Å². The molecular weight excluding hydrogens is 404 g/mol. The fourth-order valence-electron chi connectivity index (χ4n) is 2.33. The predicted molar refractivity (Wildman–Crippen MR) is 101 cm³/mol. The fourth-order valence-corrected chi connectivity index (χ4v) is 3.60. The molecule has 0 atom stereocenters. The minimum absolute atomic E-state index is 0.580. The first-order valence-corrected chi connectivity index (χ1v) is 9.46. The molecule has 0 amide bonds. The molecule has 0 unspecified atom stereocenters. The summed E-state index contributed by atoms with van der Waals surface area (Å²) in [6.07, 6.45) is 0. The van der Waals surface area contributed by atoms with Gasteiger partial charge in [0.1, 0.15) is 17.2 Å². The van der Waals surface area contributed by atoms with Crippen molar-refractivity contribution in [2.45, 2.75) is 17.8 Å². The molecule has 25 heavy (non-hydrogen) atoms. The Morgan fingerprint density at radius 1 is 1.16 bits per heavy atom. The summed E-state index contributed by atoms with van der Waals surface area (Å²) in [4.78, 5) is 0. The van der Waals surface area contributed by atoms with Gasteiger partial charge in [0.25, 0.3) is 0 Å². The highest BCUT2D eigenvalue weighted by molar-refractivity contribution is 9.10.